The molecule has 3 rings (SSSR count). The average molecular weight is 445 g/mol. The van der Waals surface area contributed by atoms with E-state index in [2.05, 4.69) is 21.3 Å². The number of ether oxygens (including phenoxy) is 1. The molecule has 7 nitrogen and oxygen atoms in total. The monoisotopic (exact) mass is 444 g/mol. The summed E-state index contributed by atoms with van der Waals surface area (Å²) in [7, 11) is 7.05. The van der Waals surface area contributed by atoms with Gasteiger partial charge >= 0.3 is 0 Å². The molecule has 166 valence electrons. The largest absolute Gasteiger partial charge is 0.383 e. The highest BCUT2D eigenvalue weighted by Crippen LogP contribution is 2.24. The van der Waals surface area contributed by atoms with Crippen LogP contribution in [0.15, 0.2) is 29.3 Å². The minimum absolute atomic E-state index is 0.162. The first-order valence-corrected chi connectivity index (χ1v) is 10.7. The highest BCUT2D eigenvalue weighted by Gasteiger charge is 2.29. The second kappa shape index (κ2) is 10.2. The Bertz CT molecular complexity index is 1090. The number of nitriles is 1. The van der Waals surface area contributed by atoms with Crippen LogP contribution in [0.25, 0.3) is 0 Å². The summed E-state index contributed by atoms with van der Waals surface area (Å²) in [6.07, 6.45) is 1.75. The van der Waals surface area contributed by atoms with Crippen LogP contribution >= 0.6 is 12.2 Å². The van der Waals surface area contributed by atoms with Gasteiger partial charge in [-0.05, 0) is 42.8 Å². The first-order chi connectivity index (χ1) is 14.9. The van der Waals surface area contributed by atoms with Crippen molar-refractivity contribution in [3.05, 3.63) is 51.5 Å². The number of halogens is 1. The van der Waals surface area contributed by atoms with Crippen LogP contribution in [-0.4, -0.2) is 53.4 Å². The molecule has 1 aromatic carbocycles. The summed E-state index contributed by atoms with van der Waals surface area (Å²) in [5.74, 6) is 0.469. The zero-order valence-corrected chi connectivity index (χ0v) is 19.2. The molecule has 1 saturated heterocycles. The average Bonchev–Trinajstić information content (AvgIpc) is 2.77. The van der Waals surface area contributed by atoms with Gasteiger partial charge in [0.1, 0.15) is 23.3 Å². The van der Waals surface area contributed by atoms with Gasteiger partial charge in [0, 0.05) is 53.4 Å². The number of piperidine rings is 1. The van der Waals surface area contributed by atoms with Crippen molar-refractivity contribution in [2.24, 2.45) is 19.1 Å². The number of methoxy groups -OCH3 is 1. The smallest absolute Gasteiger partial charge is 0.182 e. The van der Waals surface area contributed by atoms with Crippen LogP contribution in [0.2, 0.25) is 0 Å². The number of nitrogens with one attached hydrogen (secondary N) is 1. The summed E-state index contributed by atoms with van der Waals surface area (Å²) in [5.41, 5.74) is 2.13. The van der Waals surface area contributed by atoms with Gasteiger partial charge in [-0.2, -0.15) is 5.26 Å². The van der Waals surface area contributed by atoms with E-state index in [0.29, 0.717) is 28.2 Å². The molecule has 2 atom stereocenters. The van der Waals surface area contributed by atoms with Crippen molar-refractivity contribution in [3.63, 3.8) is 0 Å². The quantitative estimate of drug-likeness (QED) is 0.694. The highest BCUT2D eigenvalue weighted by atomic mass is 32.1. The summed E-state index contributed by atoms with van der Waals surface area (Å²) < 4.78 is 22.9. The van der Waals surface area contributed by atoms with Crippen LogP contribution in [0.1, 0.15) is 24.0 Å². The molecule has 0 spiro atoms. The number of aromatic nitrogens is 2. The fourth-order valence-electron chi connectivity index (χ4n) is 4.21. The molecule has 1 N–H and O–H groups in total. The Hall–Kier alpha value is -2.54. The predicted molar refractivity (Wildman–Crippen MR) is 121 cm³/mol. The maximum Gasteiger partial charge on any atom is 0.182 e. The molecular weight excluding hydrogens is 415 g/mol. The standard InChI is InChI=1S/C22H29FN6OS/c1-25-20-19(12-24)21(28(3)22(31)27(20)2)26-17-9-10-29(18(11-17)14-30-4)13-15-5-7-16(23)8-6-15/h5-8,17-18,26H,9-11,13-14H2,1-4H3. The zero-order chi connectivity index (χ0) is 22.5. The van der Waals surface area contributed by atoms with Gasteiger partial charge in [0.2, 0.25) is 0 Å². The van der Waals surface area contributed by atoms with E-state index < -0.39 is 0 Å². The minimum atomic E-state index is -0.225. The normalized spacial score (nSPS) is 19.9. The number of rotatable bonds is 6. The van der Waals surface area contributed by atoms with E-state index in [4.69, 9.17) is 17.0 Å². The third-order valence-electron chi connectivity index (χ3n) is 5.85. The maximum atomic E-state index is 13.2. The van der Waals surface area contributed by atoms with Crippen LogP contribution < -0.4 is 10.8 Å². The lowest BCUT2D eigenvalue weighted by Crippen LogP contribution is -2.48. The van der Waals surface area contributed by atoms with Crippen LogP contribution in [0.4, 0.5) is 10.2 Å². The fraction of sp³-hybridized carbons (Fsp3) is 0.500. The van der Waals surface area contributed by atoms with Crippen molar-refractivity contribution in [2.45, 2.75) is 31.5 Å². The molecule has 31 heavy (non-hydrogen) atoms. The van der Waals surface area contributed by atoms with E-state index in [0.717, 1.165) is 31.5 Å². The first kappa shape index (κ1) is 23.1. The number of nitrogens with zero attached hydrogens (tertiary/aromatic N) is 5. The predicted octanol–water partition coefficient (Wildman–Crippen LogP) is 2.73. The molecule has 2 heterocycles. The molecule has 0 aliphatic carbocycles. The van der Waals surface area contributed by atoms with E-state index in [-0.39, 0.29) is 17.9 Å². The number of hydrogen-bond acceptors (Lipinski definition) is 6. The lowest BCUT2D eigenvalue weighted by molar-refractivity contribution is 0.0559. The Morgan fingerprint density at radius 2 is 2.00 bits per heavy atom. The molecule has 9 heteroatoms. The molecule has 2 unspecified atom stereocenters. The van der Waals surface area contributed by atoms with Crippen molar-refractivity contribution in [3.8, 4) is 6.07 Å². The van der Waals surface area contributed by atoms with Crippen molar-refractivity contribution in [1.82, 2.24) is 14.0 Å². The fourth-order valence-corrected chi connectivity index (χ4v) is 4.39. The zero-order valence-electron chi connectivity index (χ0n) is 18.4. The van der Waals surface area contributed by atoms with Gasteiger partial charge in [0.05, 0.1) is 6.61 Å². The Kier molecular flexibility index (Phi) is 7.59. The van der Waals surface area contributed by atoms with Gasteiger partial charge in [0.25, 0.3) is 0 Å². The number of benzene rings is 1. The van der Waals surface area contributed by atoms with Crippen LogP contribution in [0, 0.1) is 21.9 Å². The van der Waals surface area contributed by atoms with Crippen molar-refractivity contribution in [1.29, 1.82) is 5.26 Å². The lowest BCUT2D eigenvalue weighted by atomic mass is 9.96. The second-order valence-electron chi connectivity index (χ2n) is 7.85. The van der Waals surface area contributed by atoms with Crippen molar-refractivity contribution < 1.29 is 9.13 Å². The molecule has 1 aromatic heterocycles. The molecular formula is C22H29FN6OS. The number of anilines is 1. The molecule has 0 saturated carbocycles. The third kappa shape index (κ3) is 5.03. The molecule has 0 bridgehead atoms. The highest BCUT2D eigenvalue weighted by molar-refractivity contribution is 7.71. The molecule has 1 aliphatic rings. The summed E-state index contributed by atoms with van der Waals surface area (Å²) in [5, 5.41) is 13.4. The Balaban J connectivity index is 1.82. The molecule has 1 fully saturated rings. The Morgan fingerprint density at radius 3 is 2.61 bits per heavy atom. The van der Waals surface area contributed by atoms with Gasteiger partial charge in [-0.25, -0.2) is 4.39 Å². The summed E-state index contributed by atoms with van der Waals surface area (Å²) in [4.78, 5) is 6.64. The molecule has 0 amide bonds. The van der Waals surface area contributed by atoms with Gasteiger partial charge in [-0.15, -0.1) is 0 Å². The lowest BCUT2D eigenvalue weighted by Gasteiger charge is -2.40. The van der Waals surface area contributed by atoms with E-state index in [1.807, 2.05) is 30.8 Å². The minimum Gasteiger partial charge on any atom is -0.383 e. The topological polar surface area (TPSA) is 70.5 Å². The summed E-state index contributed by atoms with van der Waals surface area (Å²) in [6.45, 7) is 2.21. The molecule has 0 radical (unpaired) electrons. The Morgan fingerprint density at radius 1 is 1.29 bits per heavy atom. The third-order valence-corrected chi connectivity index (χ3v) is 6.40. The summed E-state index contributed by atoms with van der Waals surface area (Å²) >= 11 is 5.54. The van der Waals surface area contributed by atoms with E-state index >= 15 is 0 Å². The first-order valence-electron chi connectivity index (χ1n) is 10.3. The van der Waals surface area contributed by atoms with E-state index in [9.17, 15) is 9.65 Å². The van der Waals surface area contributed by atoms with Crippen LogP contribution in [-0.2, 0) is 25.4 Å². The van der Waals surface area contributed by atoms with Gasteiger partial charge < -0.3 is 19.2 Å². The van der Waals surface area contributed by atoms with Crippen LogP contribution in [0.5, 0.6) is 0 Å². The van der Waals surface area contributed by atoms with Gasteiger partial charge in [0.15, 0.2) is 10.3 Å². The van der Waals surface area contributed by atoms with E-state index in [1.54, 1.807) is 18.7 Å². The van der Waals surface area contributed by atoms with E-state index in [1.165, 1.54) is 12.1 Å². The second-order valence-corrected chi connectivity index (χ2v) is 8.22. The Labute approximate surface area is 187 Å². The number of hydrogen-bond donors (Lipinski definition) is 1. The van der Waals surface area contributed by atoms with Crippen LogP contribution in [0.3, 0.4) is 0 Å². The number of likely N-dealkylation sites (tertiary alicyclic amines) is 1. The SMILES string of the molecule is CN=c1c(C#N)c(NC2CCN(Cc3ccc(F)cc3)C(COC)C2)n(C)c(=S)n1C. The summed E-state index contributed by atoms with van der Waals surface area (Å²) in [6, 6.07) is 9.30. The van der Waals surface area contributed by atoms with Gasteiger partial charge in [-0.1, -0.05) is 12.1 Å². The molecule has 1 aliphatic heterocycles. The van der Waals surface area contributed by atoms with Crippen molar-refractivity contribution >= 4 is 18.0 Å². The molecule has 2 aromatic rings. The maximum absolute atomic E-state index is 13.2. The van der Waals surface area contributed by atoms with Gasteiger partial charge in [-0.3, -0.25) is 9.89 Å². The van der Waals surface area contributed by atoms with Crippen molar-refractivity contribution in [2.75, 3.05) is 32.6 Å².